The van der Waals surface area contributed by atoms with Gasteiger partial charge in [0.1, 0.15) is 10.5 Å². The van der Waals surface area contributed by atoms with Gasteiger partial charge in [0.25, 0.3) is 0 Å². The molecule has 4 heteroatoms. The molecule has 0 atom stereocenters. The summed E-state index contributed by atoms with van der Waals surface area (Å²) in [5.74, 6) is 1.38. The first kappa shape index (κ1) is 15.2. The molecule has 0 N–H and O–H groups in total. The summed E-state index contributed by atoms with van der Waals surface area (Å²) in [5.41, 5.74) is 3.22. The first-order chi connectivity index (χ1) is 10.5. The second-order valence-electron chi connectivity index (χ2n) is 5.71. The van der Waals surface area contributed by atoms with E-state index >= 15 is 0 Å². The molecule has 22 heavy (non-hydrogen) atoms. The molecule has 0 spiro atoms. The summed E-state index contributed by atoms with van der Waals surface area (Å²) in [6.07, 6.45) is 0. The van der Waals surface area contributed by atoms with Crippen LogP contribution in [0.3, 0.4) is 0 Å². The quantitative estimate of drug-likeness (QED) is 0.550. The van der Waals surface area contributed by atoms with Crippen LogP contribution < -0.4 is 0 Å². The minimum Gasteiger partial charge on any atom is -0.289 e. The van der Waals surface area contributed by atoms with Crippen molar-refractivity contribution >= 4 is 34.7 Å². The van der Waals surface area contributed by atoms with Crippen LogP contribution in [0.2, 0.25) is 5.02 Å². The summed E-state index contributed by atoms with van der Waals surface area (Å²) in [6, 6.07) is 14.1. The van der Waals surface area contributed by atoms with E-state index in [2.05, 4.69) is 43.1 Å². The monoisotopic (exact) mass is 328 g/mol. The predicted molar refractivity (Wildman–Crippen MR) is 95.7 cm³/mol. The minimum atomic E-state index is 0.511. The van der Waals surface area contributed by atoms with Crippen LogP contribution in [0.15, 0.2) is 42.5 Å². The highest BCUT2D eigenvalue weighted by Gasteiger charge is 2.08. The third kappa shape index (κ3) is 2.67. The predicted octanol–water partition coefficient (Wildman–Crippen LogP) is 5.84. The van der Waals surface area contributed by atoms with Crippen molar-refractivity contribution in [2.24, 2.45) is 0 Å². The van der Waals surface area contributed by atoms with E-state index in [9.17, 15) is 0 Å². The number of benzene rings is 2. The van der Waals surface area contributed by atoms with E-state index in [1.54, 1.807) is 0 Å². The number of halogens is 1. The zero-order valence-corrected chi connectivity index (χ0v) is 14.4. The molecule has 0 aliphatic heterocycles. The molecule has 3 rings (SSSR count). The molecule has 0 amide bonds. The Bertz CT molecular complexity index is 895. The fraction of sp³-hybridized carbons (Fsp3) is 0.222. The molecule has 0 fully saturated rings. The van der Waals surface area contributed by atoms with Crippen molar-refractivity contribution in [1.29, 1.82) is 0 Å². The standard InChI is InChI=1S/C18H17ClN2S/c1-11(2)13-4-7-15(8-5-13)21-12(3)20-17-9-6-14(19)10-16(17)18(21)22/h4-11H,1-3H3. The minimum absolute atomic E-state index is 0.511. The molecule has 0 bridgehead atoms. The lowest BCUT2D eigenvalue weighted by atomic mass is 10.0. The maximum absolute atomic E-state index is 6.10. The van der Waals surface area contributed by atoms with Gasteiger partial charge < -0.3 is 0 Å². The van der Waals surface area contributed by atoms with Crippen LogP contribution in [0.25, 0.3) is 16.6 Å². The molecule has 0 aliphatic carbocycles. The van der Waals surface area contributed by atoms with Crippen molar-refractivity contribution < 1.29 is 0 Å². The van der Waals surface area contributed by atoms with Gasteiger partial charge in [-0.3, -0.25) is 4.57 Å². The van der Waals surface area contributed by atoms with Crippen LogP contribution in [0, 0.1) is 11.6 Å². The molecule has 1 heterocycles. The Morgan fingerprint density at radius 2 is 1.77 bits per heavy atom. The van der Waals surface area contributed by atoms with Crippen LogP contribution in [-0.2, 0) is 0 Å². The number of fused-ring (bicyclic) bond motifs is 1. The van der Waals surface area contributed by atoms with Gasteiger partial charge in [-0.15, -0.1) is 0 Å². The second-order valence-corrected chi connectivity index (χ2v) is 6.53. The Hall–Kier alpha value is -1.71. The molecule has 2 nitrogen and oxygen atoms in total. The Kier molecular flexibility index (Phi) is 4.02. The summed E-state index contributed by atoms with van der Waals surface area (Å²) in [5, 5.41) is 1.58. The van der Waals surface area contributed by atoms with E-state index in [0.717, 1.165) is 27.1 Å². The summed E-state index contributed by atoms with van der Waals surface area (Å²) < 4.78 is 2.74. The Morgan fingerprint density at radius 1 is 1.09 bits per heavy atom. The molecule has 0 radical (unpaired) electrons. The Morgan fingerprint density at radius 3 is 2.41 bits per heavy atom. The first-order valence-electron chi connectivity index (χ1n) is 7.26. The van der Waals surface area contributed by atoms with E-state index in [0.29, 0.717) is 10.9 Å². The van der Waals surface area contributed by atoms with E-state index in [-0.39, 0.29) is 0 Å². The smallest absolute Gasteiger partial charge is 0.121 e. The SMILES string of the molecule is Cc1nc2ccc(Cl)cc2c(=S)n1-c1ccc(C(C)C)cc1. The zero-order chi connectivity index (χ0) is 15.9. The van der Waals surface area contributed by atoms with Crippen LogP contribution in [-0.4, -0.2) is 9.55 Å². The molecule has 1 aromatic heterocycles. The second kappa shape index (κ2) is 5.82. The topological polar surface area (TPSA) is 17.8 Å². The first-order valence-corrected chi connectivity index (χ1v) is 8.05. The maximum atomic E-state index is 6.10. The summed E-state index contributed by atoms with van der Waals surface area (Å²) in [7, 11) is 0. The van der Waals surface area contributed by atoms with Gasteiger partial charge in [0, 0.05) is 16.1 Å². The lowest BCUT2D eigenvalue weighted by Gasteiger charge is -2.14. The molecule has 0 unspecified atom stereocenters. The van der Waals surface area contributed by atoms with Gasteiger partial charge in [-0.2, -0.15) is 0 Å². The van der Waals surface area contributed by atoms with Gasteiger partial charge >= 0.3 is 0 Å². The van der Waals surface area contributed by atoms with Gasteiger partial charge in [0.2, 0.25) is 0 Å². The molecule has 0 saturated heterocycles. The van der Waals surface area contributed by atoms with Gasteiger partial charge in [-0.1, -0.05) is 49.8 Å². The maximum Gasteiger partial charge on any atom is 0.121 e. The number of nitrogens with zero attached hydrogens (tertiary/aromatic N) is 2. The van der Waals surface area contributed by atoms with Crippen LogP contribution in [0.4, 0.5) is 0 Å². The number of hydrogen-bond donors (Lipinski definition) is 0. The number of hydrogen-bond acceptors (Lipinski definition) is 2. The van der Waals surface area contributed by atoms with E-state index in [4.69, 9.17) is 23.8 Å². The van der Waals surface area contributed by atoms with Gasteiger partial charge in [0.15, 0.2) is 0 Å². The van der Waals surface area contributed by atoms with E-state index in [1.165, 1.54) is 5.56 Å². The molecule has 112 valence electrons. The fourth-order valence-electron chi connectivity index (χ4n) is 2.58. The van der Waals surface area contributed by atoms with Crippen LogP contribution in [0.1, 0.15) is 31.2 Å². The number of aryl methyl sites for hydroxylation is 1. The van der Waals surface area contributed by atoms with Crippen molar-refractivity contribution in [2.75, 3.05) is 0 Å². The van der Waals surface area contributed by atoms with Crippen molar-refractivity contribution in [1.82, 2.24) is 9.55 Å². The molecule has 2 aromatic carbocycles. The molecular formula is C18H17ClN2S. The van der Waals surface area contributed by atoms with E-state index in [1.807, 2.05) is 29.7 Å². The highest BCUT2D eigenvalue weighted by atomic mass is 35.5. The molecule has 0 aliphatic rings. The summed E-state index contributed by atoms with van der Waals surface area (Å²) >= 11 is 11.8. The highest BCUT2D eigenvalue weighted by Crippen LogP contribution is 2.23. The summed E-state index contributed by atoms with van der Waals surface area (Å²) in [6.45, 7) is 6.34. The average Bonchev–Trinajstić information content (AvgIpc) is 2.49. The Balaban J connectivity index is 2.24. The lowest BCUT2D eigenvalue weighted by molar-refractivity contribution is 0.861. The normalized spacial score (nSPS) is 11.3. The van der Waals surface area contributed by atoms with Crippen molar-refractivity contribution in [2.45, 2.75) is 26.7 Å². The third-order valence-electron chi connectivity index (χ3n) is 3.82. The number of rotatable bonds is 2. The van der Waals surface area contributed by atoms with Gasteiger partial charge in [-0.25, -0.2) is 4.98 Å². The lowest BCUT2D eigenvalue weighted by Crippen LogP contribution is -2.05. The fourth-order valence-corrected chi connectivity index (χ4v) is 3.15. The number of aromatic nitrogens is 2. The Labute approximate surface area is 140 Å². The largest absolute Gasteiger partial charge is 0.289 e. The summed E-state index contributed by atoms with van der Waals surface area (Å²) in [4.78, 5) is 4.65. The highest BCUT2D eigenvalue weighted by molar-refractivity contribution is 7.71. The average molecular weight is 329 g/mol. The van der Waals surface area contributed by atoms with Crippen LogP contribution in [0.5, 0.6) is 0 Å². The van der Waals surface area contributed by atoms with Gasteiger partial charge in [-0.05, 0) is 48.7 Å². The van der Waals surface area contributed by atoms with Gasteiger partial charge in [0.05, 0.1) is 5.52 Å². The molecule has 3 aromatic rings. The third-order valence-corrected chi connectivity index (χ3v) is 4.45. The van der Waals surface area contributed by atoms with Crippen molar-refractivity contribution in [3.63, 3.8) is 0 Å². The van der Waals surface area contributed by atoms with Crippen molar-refractivity contribution in [3.05, 3.63) is 63.5 Å². The van der Waals surface area contributed by atoms with E-state index < -0.39 is 0 Å². The molecule has 0 saturated carbocycles. The zero-order valence-electron chi connectivity index (χ0n) is 12.8. The van der Waals surface area contributed by atoms with Crippen molar-refractivity contribution in [3.8, 4) is 5.69 Å². The van der Waals surface area contributed by atoms with Crippen LogP contribution >= 0.6 is 23.8 Å². The molecular weight excluding hydrogens is 312 g/mol.